The summed E-state index contributed by atoms with van der Waals surface area (Å²) in [5.74, 6) is 1.31. The first kappa shape index (κ1) is 13.4. The molecule has 110 valence electrons. The molecule has 1 fully saturated rings. The molecule has 0 spiro atoms. The standard InChI is InChI=1S/C14H24N6/c1-4-19-7-5-11(6-8-19)9-20-13-12(16-14(20)15)10(2)17-18(13)3/h11H,4-9H2,1-3H3,(H2,15,16). The summed E-state index contributed by atoms with van der Waals surface area (Å²) < 4.78 is 4.04. The number of hydrogen-bond acceptors (Lipinski definition) is 4. The Morgan fingerprint density at radius 3 is 2.65 bits per heavy atom. The Labute approximate surface area is 119 Å². The molecule has 3 rings (SSSR count). The number of nitrogen functional groups attached to an aromatic ring is 1. The number of nitrogens with zero attached hydrogens (tertiary/aromatic N) is 5. The van der Waals surface area contributed by atoms with Gasteiger partial charge in [-0.25, -0.2) is 4.98 Å². The van der Waals surface area contributed by atoms with Crippen LogP contribution in [-0.2, 0) is 13.6 Å². The zero-order chi connectivity index (χ0) is 14.3. The van der Waals surface area contributed by atoms with Crippen molar-refractivity contribution in [3.8, 4) is 0 Å². The zero-order valence-corrected chi connectivity index (χ0v) is 12.6. The van der Waals surface area contributed by atoms with E-state index in [0.29, 0.717) is 11.9 Å². The average molecular weight is 276 g/mol. The molecule has 0 radical (unpaired) electrons. The second-order valence-electron chi connectivity index (χ2n) is 5.84. The molecule has 0 saturated carbocycles. The summed E-state index contributed by atoms with van der Waals surface area (Å²) in [5.41, 5.74) is 9.05. The number of hydrogen-bond donors (Lipinski definition) is 1. The van der Waals surface area contributed by atoms with E-state index in [0.717, 1.165) is 29.9 Å². The van der Waals surface area contributed by atoms with E-state index in [1.807, 2.05) is 18.7 Å². The quantitative estimate of drug-likeness (QED) is 0.920. The summed E-state index contributed by atoms with van der Waals surface area (Å²) in [5, 5.41) is 4.44. The van der Waals surface area contributed by atoms with Crippen LogP contribution in [0.15, 0.2) is 0 Å². The van der Waals surface area contributed by atoms with Gasteiger partial charge in [0.05, 0.1) is 5.69 Å². The van der Waals surface area contributed by atoms with Gasteiger partial charge in [0.1, 0.15) is 5.52 Å². The van der Waals surface area contributed by atoms with Crippen molar-refractivity contribution in [1.29, 1.82) is 0 Å². The number of imidazole rings is 1. The topological polar surface area (TPSA) is 64.9 Å². The van der Waals surface area contributed by atoms with Crippen LogP contribution in [0.5, 0.6) is 0 Å². The molecule has 6 heteroatoms. The normalized spacial score (nSPS) is 18.1. The maximum atomic E-state index is 6.11. The van der Waals surface area contributed by atoms with Gasteiger partial charge in [0.15, 0.2) is 5.65 Å². The van der Waals surface area contributed by atoms with Crippen LogP contribution in [0.1, 0.15) is 25.5 Å². The Morgan fingerprint density at radius 1 is 1.30 bits per heavy atom. The van der Waals surface area contributed by atoms with E-state index >= 15 is 0 Å². The van der Waals surface area contributed by atoms with Crippen molar-refractivity contribution in [2.75, 3.05) is 25.4 Å². The van der Waals surface area contributed by atoms with Crippen molar-refractivity contribution in [3.05, 3.63) is 5.69 Å². The SMILES string of the molecule is CCN1CCC(Cn2c(N)nc3c(C)nn(C)c32)CC1. The van der Waals surface area contributed by atoms with E-state index in [-0.39, 0.29) is 0 Å². The van der Waals surface area contributed by atoms with Crippen LogP contribution >= 0.6 is 0 Å². The average Bonchev–Trinajstić information content (AvgIpc) is 2.90. The smallest absolute Gasteiger partial charge is 0.202 e. The largest absolute Gasteiger partial charge is 0.369 e. The molecule has 0 unspecified atom stereocenters. The van der Waals surface area contributed by atoms with E-state index in [1.54, 1.807) is 0 Å². The van der Waals surface area contributed by atoms with Crippen molar-refractivity contribution in [3.63, 3.8) is 0 Å². The van der Waals surface area contributed by atoms with Crippen LogP contribution in [0.25, 0.3) is 11.2 Å². The minimum absolute atomic E-state index is 0.619. The first-order valence-corrected chi connectivity index (χ1v) is 7.47. The molecule has 2 N–H and O–H groups in total. The number of anilines is 1. The lowest BCUT2D eigenvalue weighted by Crippen LogP contribution is -2.34. The molecule has 1 aliphatic heterocycles. The van der Waals surface area contributed by atoms with E-state index in [2.05, 4.69) is 26.5 Å². The fourth-order valence-electron chi connectivity index (χ4n) is 3.28. The number of likely N-dealkylation sites (tertiary alicyclic amines) is 1. The highest BCUT2D eigenvalue weighted by Crippen LogP contribution is 2.25. The van der Waals surface area contributed by atoms with Crippen LogP contribution in [0.4, 0.5) is 5.95 Å². The van der Waals surface area contributed by atoms with Crippen molar-refractivity contribution in [2.24, 2.45) is 13.0 Å². The van der Waals surface area contributed by atoms with Gasteiger partial charge in [0.25, 0.3) is 0 Å². The van der Waals surface area contributed by atoms with Crippen LogP contribution in [0, 0.1) is 12.8 Å². The molecule has 0 amide bonds. The molecule has 2 aromatic heterocycles. The lowest BCUT2D eigenvalue weighted by molar-refractivity contribution is 0.182. The third-order valence-corrected chi connectivity index (χ3v) is 4.51. The molecule has 3 heterocycles. The molecule has 2 aromatic rings. The molecule has 1 aliphatic rings. The molecular weight excluding hydrogens is 252 g/mol. The van der Waals surface area contributed by atoms with Gasteiger partial charge in [-0.15, -0.1) is 0 Å². The predicted molar refractivity (Wildman–Crippen MR) is 80.5 cm³/mol. The third-order valence-electron chi connectivity index (χ3n) is 4.51. The highest BCUT2D eigenvalue weighted by atomic mass is 15.3. The predicted octanol–water partition coefficient (Wildman–Crippen LogP) is 1.39. The van der Waals surface area contributed by atoms with Gasteiger partial charge in [-0.2, -0.15) is 5.10 Å². The summed E-state index contributed by atoms with van der Waals surface area (Å²) in [6.45, 7) is 8.73. The van der Waals surface area contributed by atoms with Crippen molar-refractivity contribution in [1.82, 2.24) is 24.2 Å². The summed E-state index contributed by atoms with van der Waals surface area (Å²) in [6, 6.07) is 0. The Kier molecular flexibility index (Phi) is 3.41. The van der Waals surface area contributed by atoms with Gasteiger partial charge >= 0.3 is 0 Å². The summed E-state index contributed by atoms with van der Waals surface area (Å²) in [4.78, 5) is 6.99. The number of fused-ring (bicyclic) bond motifs is 1. The minimum atomic E-state index is 0.619. The van der Waals surface area contributed by atoms with E-state index in [9.17, 15) is 0 Å². The lowest BCUT2D eigenvalue weighted by Gasteiger charge is -2.31. The molecule has 6 nitrogen and oxygen atoms in total. The maximum absolute atomic E-state index is 6.11. The van der Waals surface area contributed by atoms with Crippen molar-refractivity contribution >= 4 is 17.1 Å². The Balaban J connectivity index is 1.82. The van der Waals surface area contributed by atoms with Gasteiger partial charge in [-0.3, -0.25) is 9.25 Å². The van der Waals surface area contributed by atoms with Crippen molar-refractivity contribution in [2.45, 2.75) is 33.2 Å². The summed E-state index contributed by atoms with van der Waals surface area (Å²) in [6.07, 6.45) is 2.48. The second kappa shape index (κ2) is 5.09. The maximum Gasteiger partial charge on any atom is 0.202 e. The first-order valence-electron chi connectivity index (χ1n) is 7.47. The molecule has 0 bridgehead atoms. The van der Waals surface area contributed by atoms with Crippen molar-refractivity contribution < 1.29 is 0 Å². The number of aromatic nitrogens is 4. The summed E-state index contributed by atoms with van der Waals surface area (Å²) >= 11 is 0. The molecule has 20 heavy (non-hydrogen) atoms. The Bertz CT molecular complexity index is 603. The zero-order valence-electron chi connectivity index (χ0n) is 12.6. The third kappa shape index (κ3) is 2.18. The van der Waals surface area contributed by atoms with Crippen LogP contribution in [0.3, 0.4) is 0 Å². The van der Waals surface area contributed by atoms with Crippen LogP contribution in [-0.4, -0.2) is 43.9 Å². The summed E-state index contributed by atoms with van der Waals surface area (Å²) in [7, 11) is 1.96. The Morgan fingerprint density at radius 2 is 2.00 bits per heavy atom. The van der Waals surface area contributed by atoms with E-state index in [1.165, 1.54) is 25.9 Å². The number of piperidine rings is 1. The van der Waals surface area contributed by atoms with Gasteiger partial charge in [0, 0.05) is 13.6 Å². The number of aryl methyl sites for hydroxylation is 2. The fourth-order valence-corrected chi connectivity index (χ4v) is 3.28. The highest BCUT2D eigenvalue weighted by Gasteiger charge is 2.22. The monoisotopic (exact) mass is 276 g/mol. The fraction of sp³-hybridized carbons (Fsp3) is 0.714. The van der Waals surface area contributed by atoms with Gasteiger partial charge in [-0.1, -0.05) is 6.92 Å². The van der Waals surface area contributed by atoms with Gasteiger partial charge < -0.3 is 10.6 Å². The molecular formula is C14H24N6. The molecule has 0 atom stereocenters. The Hall–Kier alpha value is -1.56. The van der Waals surface area contributed by atoms with Crippen LogP contribution in [0.2, 0.25) is 0 Å². The second-order valence-corrected chi connectivity index (χ2v) is 5.84. The number of nitrogens with two attached hydrogens (primary N) is 1. The molecule has 0 aromatic carbocycles. The molecule has 0 aliphatic carbocycles. The number of rotatable bonds is 3. The van der Waals surface area contributed by atoms with E-state index in [4.69, 9.17) is 5.73 Å². The first-order chi connectivity index (χ1) is 9.60. The van der Waals surface area contributed by atoms with Gasteiger partial charge in [0.2, 0.25) is 5.95 Å². The van der Waals surface area contributed by atoms with Gasteiger partial charge in [-0.05, 0) is 45.3 Å². The molecule has 1 saturated heterocycles. The van der Waals surface area contributed by atoms with E-state index < -0.39 is 0 Å². The minimum Gasteiger partial charge on any atom is -0.369 e. The van der Waals surface area contributed by atoms with Crippen LogP contribution < -0.4 is 5.73 Å². The highest BCUT2D eigenvalue weighted by molar-refractivity contribution is 5.77. The lowest BCUT2D eigenvalue weighted by atomic mass is 9.97.